The van der Waals surface area contributed by atoms with Crippen molar-refractivity contribution >= 4 is 17.4 Å². The lowest BCUT2D eigenvalue weighted by Gasteiger charge is -2.39. The van der Waals surface area contributed by atoms with Crippen molar-refractivity contribution in [3.63, 3.8) is 0 Å². The fraction of sp³-hybridized carbons (Fsp3) is 0.750. The van der Waals surface area contributed by atoms with Crippen molar-refractivity contribution in [2.45, 2.75) is 47.1 Å². The highest BCUT2D eigenvalue weighted by Gasteiger charge is 2.29. The zero-order valence-corrected chi connectivity index (χ0v) is 14.3. The Labute approximate surface area is 132 Å². The van der Waals surface area contributed by atoms with Crippen molar-refractivity contribution in [1.29, 1.82) is 0 Å². The van der Waals surface area contributed by atoms with Gasteiger partial charge in [0, 0.05) is 25.8 Å². The molecule has 0 atom stereocenters. The highest BCUT2D eigenvalue weighted by Crippen LogP contribution is 2.35. The molecule has 2 rings (SSSR count). The molecule has 118 valence electrons. The van der Waals surface area contributed by atoms with Gasteiger partial charge in [-0.25, -0.2) is 9.97 Å². The fourth-order valence-electron chi connectivity index (χ4n) is 2.85. The molecule has 4 nitrogen and oxygen atoms in total. The lowest BCUT2D eigenvalue weighted by molar-refractivity contribution is 0.128. The van der Waals surface area contributed by atoms with Crippen LogP contribution in [0, 0.1) is 11.3 Å². The number of hydrogen-bond acceptors (Lipinski definition) is 4. The molecule has 21 heavy (non-hydrogen) atoms. The lowest BCUT2D eigenvalue weighted by Crippen LogP contribution is -2.38. The van der Waals surface area contributed by atoms with Gasteiger partial charge < -0.3 is 9.64 Å². The summed E-state index contributed by atoms with van der Waals surface area (Å²) >= 11 is 6.12. The van der Waals surface area contributed by atoms with E-state index in [0.29, 0.717) is 29.6 Å². The summed E-state index contributed by atoms with van der Waals surface area (Å²) in [5.74, 6) is 2.36. The van der Waals surface area contributed by atoms with Crippen LogP contribution in [0.25, 0.3) is 0 Å². The molecule has 0 saturated carbocycles. The molecule has 1 aliphatic rings. The number of anilines is 1. The largest absolute Gasteiger partial charge is 0.374 e. The monoisotopic (exact) mass is 311 g/mol. The normalized spacial score (nSPS) is 17.3. The van der Waals surface area contributed by atoms with E-state index in [4.69, 9.17) is 16.3 Å². The maximum absolute atomic E-state index is 6.12. The smallest absolute Gasteiger partial charge is 0.158 e. The van der Waals surface area contributed by atoms with E-state index in [1.165, 1.54) is 12.8 Å². The van der Waals surface area contributed by atoms with Crippen LogP contribution in [0.4, 0.5) is 5.82 Å². The Morgan fingerprint density at radius 3 is 2.52 bits per heavy atom. The summed E-state index contributed by atoms with van der Waals surface area (Å²) in [7, 11) is 0. The van der Waals surface area contributed by atoms with Gasteiger partial charge in [0.25, 0.3) is 0 Å². The number of rotatable bonds is 4. The van der Waals surface area contributed by atoms with Crippen LogP contribution in [0.2, 0.25) is 5.15 Å². The van der Waals surface area contributed by atoms with Crippen LogP contribution >= 0.6 is 11.6 Å². The van der Waals surface area contributed by atoms with Crippen molar-refractivity contribution < 1.29 is 4.74 Å². The van der Waals surface area contributed by atoms with Gasteiger partial charge in [-0.3, -0.25) is 0 Å². The Hall–Kier alpha value is -0.870. The highest BCUT2D eigenvalue weighted by atomic mass is 35.5. The van der Waals surface area contributed by atoms with Crippen LogP contribution in [0.15, 0.2) is 6.07 Å². The van der Waals surface area contributed by atoms with Crippen molar-refractivity contribution in [3.8, 4) is 0 Å². The van der Waals surface area contributed by atoms with Crippen molar-refractivity contribution in [2.75, 3.05) is 24.6 Å². The van der Waals surface area contributed by atoms with Gasteiger partial charge in [-0.15, -0.1) is 0 Å². The molecular weight excluding hydrogens is 286 g/mol. The molecule has 1 fully saturated rings. The van der Waals surface area contributed by atoms with Gasteiger partial charge in [-0.2, -0.15) is 0 Å². The minimum Gasteiger partial charge on any atom is -0.374 e. The predicted molar refractivity (Wildman–Crippen MR) is 86.8 cm³/mol. The second kappa shape index (κ2) is 6.93. The maximum atomic E-state index is 6.12. The van der Waals surface area contributed by atoms with Gasteiger partial charge in [-0.1, -0.05) is 32.4 Å². The third-order valence-electron chi connectivity index (χ3n) is 4.21. The molecule has 2 heterocycles. The van der Waals surface area contributed by atoms with Crippen LogP contribution in [-0.4, -0.2) is 29.7 Å². The second-order valence-corrected chi connectivity index (χ2v) is 7.12. The number of aromatic nitrogens is 2. The molecule has 1 aromatic heterocycles. The summed E-state index contributed by atoms with van der Waals surface area (Å²) in [6.45, 7) is 12.1. The van der Waals surface area contributed by atoms with Gasteiger partial charge >= 0.3 is 0 Å². The average Bonchev–Trinajstić information content (AvgIpc) is 2.44. The molecule has 0 spiro atoms. The van der Waals surface area contributed by atoms with Gasteiger partial charge in [0.2, 0.25) is 0 Å². The number of ether oxygens (including phenoxy) is 1. The lowest BCUT2D eigenvalue weighted by atomic mass is 9.75. The Bertz CT molecular complexity index is 465. The Kier molecular flexibility index (Phi) is 5.44. The maximum Gasteiger partial charge on any atom is 0.158 e. The van der Waals surface area contributed by atoms with Crippen molar-refractivity contribution in [3.05, 3.63) is 17.0 Å². The Balaban J connectivity index is 2.04. The minimum atomic E-state index is 0.384. The van der Waals surface area contributed by atoms with Crippen LogP contribution < -0.4 is 4.90 Å². The van der Waals surface area contributed by atoms with E-state index in [1.807, 2.05) is 13.0 Å². The molecule has 1 saturated heterocycles. The quantitative estimate of drug-likeness (QED) is 0.790. The summed E-state index contributed by atoms with van der Waals surface area (Å²) < 4.78 is 5.38. The standard InChI is InChI=1S/C16H26ClN3O/c1-5-21-11-14-18-13(17)10-15(19-14)20-8-6-12(7-9-20)16(2,3)4/h10,12H,5-9,11H2,1-4H3. The van der Waals surface area contributed by atoms with E-state index in [2.05, 4.69) is 35.6 Å². The predicted octanol–water partition coefficient (Wildman–Crippen LogP) is 3.93. The molecule has 1 aliphatic heterocycles. The Morgan fingerprint density at radius 2 is 1.95 bits per heavy atom. The Morgan fingerprint density at radius 1 is 1.29 bits per heavy atom. The molecule has 0 N–H and O–H groups in total. The molecule has 1 aromatic rings. The zero-order valence-electron chi connectivity index (χ0n) is 13.5. The first-order valence-corrected chi connectivity index (χ1v) is 8.14. The van der Waals surface area contributed by atoms with E-state index in [9.17, 15) is 0 Å². The van der Waals surface area contributed by atoms with Gasteiger partial charge in [-0.05, 0) is 31.1 Å². The van der Waals surface area contributed by atoms with E-state index in [0.717, 1.165) is 24.8 Å². The third-order valence-corrected chi connectivity index (χ3v) is 4.40. The van der Waals surface area contributed by atoms with Crippen molar-refractivity contribution in [2.24, 2.45) is 11.3 Å². The van der Waals surface area contributed by atoms with Gasteiger partial charge in [0.1, 0.15) is 17.6 Å². The van der Waals surface area contributed by atoms with Crippen LogP contribution in [0.1, 0.15) is 46.4 Å². The van der Waals surface area contributed by atoms with Crippen LogP contribution in [-0.2, 0) is 11.3 Å². The molecule has 0 bridgehead atoms. The van der Waals surface area contributed by atoms with Gasteiger partial charge in [0.05, 0.1) is 0 Å². The van der Waals surface area contributed by atoms with E-state index >= 15 is 0 Å². The van der Waals surface area contributed by atoms with Crippen LogP contribution in [0.3, 0.4) is 0 Å². The topological polar surface area (TPSA) is 38.2 Å². The summed E-state index contributed by atoms with van der Waals surface area (Å²) in [5.41, 5.74) is 0.384. The first-order chi connectivity index (χ1) is 9.90. The fourth-order valence-corrected chi connectivity index (χ4v) is 3.04. The zero-order chi connectivity index (χ0) is 15.5. The summed E-state index contributed by atoms with van der Waals surface area (Å²) in [6, 6.07) is 1.86. The molecular formula is C16H26ClN3O. The summed E-state index contributed by atoms with van der Waals surface area (Å²) in [5, 5.41) is 0.493. The van der Waals surface area contributed by atoms with Gasteiger partial charge in [0.15, 0.2) is 5.82 Å². The van der Waals surface area contributed by atoms with E-state index in [-0.39, 0.29) is 0 Å². The SMILES string of the molecule is CCOCc1nc(Cl)cc(N2CCC(C(C)(C)C)CC2)n1. The van der Waals surface area contributed by atoms with E-state index in [1.54, 1.807) is 0 Å². The average molecular weight is 312 g/mol. The number of nitrogens with zero attached hydrogens (tertiary/aromatic N) is 3. The molecule has 5 heteroatoms. The number of hydrogen-bond donors (Lipinski definition) is 0. The number of piperidine rings is 1. The summed E-state index contributed by atoms with van der Waals surface area (Å²) in [6.07, 6.45) is 2.40. The second-order valence-electron chi connectivity index (χ2n) is 6.73. The van der Waals surface area contributed by atoms with Crippen LogP contribution in [0.5, 0.6) is 0 Å². The summed E-state index contributed by atoms with van der Waals surface area (Å²) in [4.78, 5) is 11.1. The first kappa shape index (κ1) is 16.5. The molecule has 0 radical (unpaired) electrons. The van der Waals surface area contributed by atoms with E-state index < -0.39 is 0 Å². The minimum absolute atomic E-state index is 0.384. The van der Waals surface area contributed by atoms with Crippen molar-refractivity contribution in [1.82, 2.24) is 9.97 Å². The molecule has 0 aliphatic carbocycles. The third kappa shape index (κ3) is 4.55. The number of halogens is 1. The highest BCUT2D eigenvalue weighted by molar-refractivity contribution is 6.29. The molecule has 0 amide bonds. The molecule has 0 aromatic carbocycles. The molecule has 0 unspecified atom stereocenters. The first-order valence-electron chi connectivity index (χ1n) is 7.76.